The fraction of sp³-hybridized carbons (Fsp3) is 0.385. The summed E-state index contributed by atoms with van der Waals surface area (Å²) in [7, 11) is 2.16. The van der Waals surface area contributed by atoms with Crippen LogP contribution in [0.3, 0.4) is 0 Å². The van der Waals surface area contributed by atoms with Crippen molar-refractivity contribution in [3.05, 3.63) is 54.2 Å². The maximum Gasteiger partial charge on any atom is 0.227 e. The normalized spacial score (nSPS) is 17.2. The molecule has 0 spiro atoms. The maximum absolute atomic E-state index is 6.05. The van der Waals surface area contributed by atoms with Crippen LogP contribution < -0.4 is 19.7 Å². The summed E-state index contributed by atoms with van der Waals surface area (Å²) in [6, 6.07) is 14.2. The molecule has 8 heteroatoms. The summed E-state index contributed by atoms with van der Waals surface area (Å²) < 4.78 is 17.6. The minimum atomic E-state index is 0.465. The van der Waals surface area contributed by atoms with Gasteiger partial charge in [0.15, 0.2) is 0 Å². The molecule has 5 rings (SSSR count). The third kappa shape index (κ3) is 5.40. The quantitative estimate of drug-likeness (QED) is 0.588. The summed E-state index contributed by atoms with van der Waals surface area (Å²) in [5.74, 6) is 2.13. The first kappa shape index (κ1) is 22.4. The van der Waals surface area contributed by atoms with Gasteiger partial charge in [0.05, 0.1) is 18.9 Å². The van der Waals surface area contributed by atoms with Crippen LogP contribution in [0.4, 0.5) is 17.3 Å². The highest BCUT2D eigenvalue weighted by molar-refractivity contribution is 5.69. The zero-order chi connectivity index (χ0) is 23.3. The van der Waals surface area contributed by atoms with Crippen molar-refractivity contribution in [2.24, 2.45) is 0 Å². The average molecular weight is 462 g/mol. The molecule has 1 N–H and O–H groups in total. The number of aromatic nitrogens is 2. The third-order valence-electron chi connectivity index (χ3n) is 6.09. The Kier molecular flexibility index (Phi) is 6.78. The average Bonchev–Trinajstić information content (AvgIpc) is 2.85. The van der Waals surface area contributed by atoms with Gasteiger partial charge < -0.3 is 29.3 Å². The first-order valence-electron chi connectivity index (χ1n) is 11.8. The van der Waals surface area contributed by atoms with Gasteiger partial charge in [0, 0.05) is 61.4 Å². The van der Waals surface area contributed by atoms with Crippen molar-refractivity contribution < 1.29 is 14.2 Å². The van der Waals surface area contributed by atoms with Gasteiger partial charge in [-0.25, -0.2) is 9.97 Å². The molecule has 34 heavy (non-hydrogen) atoms. The van der Waals surface area contributed by atoms with Gasteiger partial charge in [0.1, 0.15) is 24.7 Å². The molecule has 2 aliphatic heterocycles. The van der Waals surface area contributed by atoms with Crippen LogP contribution in [0.1, 0.15) is 5.56 Å². The molecule has 0 amide bonds. The fourth-order valence-electron chi connectivity index (χ4n) is 4.18. The number of nitrogens with one attached hydrogen (secondary N) is 1. The number of hydrogen-bond donors (Lipinski definition) is 1. The van der Waals surface area contributed by atoms with Crippen LogP contribution in [0.5, 0.6) is 11.5 Å². The van der Waals surface area contributed by atoms with Crippen LogP contribution >= 0.6 is 0 Å². The fourth-order valence-corrected chi connectivity index (χ4v) is 4.18. The number of ether oxygens (including phenoxy) is 3. The minimum absolute atomic E-state index is 0.465. The molecule has 0 atom stereocenters. The monoisotopic (exact) mass is 461 g/mol. The van der Waals surface area contributed by atoms with E-state index in [1.807, 2.05) is 43.5 Å². The van der Waals surface area contributed by atoms with E-state index in [1.54, 1.807) is 0 Å². The molecule has 1 fully saturated rings. The van der Waals surface area contributed by atoms with Crippen LogP contribution in [-0.4, -0.2) is 74.5 Å². The van der Waals surface area contributed by atoms with E-state index in [0.29, 0.717) is 32.4 Å². The van der Waals surface area contributed by atoms with E-state index in [1.165, 1.54) is 0 Å². The highest BCUT2D eigenvalue weighted by atomic mass is 16.5. The molecule has 3 heterocycles. The Morgan fingerprint density at radius 3 is 2.50 bits per heavy atom. The molecule has 2 aromatic carbocycles. The number of likely N-dealkylation sites (N-methyl/N-ethyl adjacent to an activating group) is 1. The molecule has 0 unspecified atom stereocenters. The summed E-state index contributed by atoms with van der Waals surface area (Å²) in [5.41, 5.74) is 4.87. The van der Waals surface area contributed by atoms with Crippen molar-refractivity contribution in [3.8, 4) is 22.8 Å². The van der Waals surface area contributed by atoms with Gasteiger partial charge >= 0.3 is 0 Å². The lowest BCUT2D eigenvalue weighted by molar-refractivity contribution is 0.0764. The highest BCUT2D eigenvalue weighted by Gasteiger charge is 2.17. The van der Waals surface area contributed by atoms with E-state index < -0.39 is 0 Å². The van der Waals surface area contributed by atoms with Gasteiger partial charge in [-0.05, 0) is 37.7 Å². The summed E-state index contributed by atoms with van der Waals surface area (Å²) in [4.78, 5) is 14.1. The van der Waals surface area contributed by atoms with E-state index in [4.69, 9.17) is 19.2 Å². The second-order valence-corrected chi connectivity index (χ2v) is 8.69. The molecule has 0 radical (unpaired) electrons. The standard InChI is InChI=1S/C26H31N5O3/c1-19-18-27-26-28-21-15-22(31-8-6-30(2)7-9-31)17-24(16-21)34-13-11-32-10-12-33-23-5-3-4-20(14-23)25(19)29-26/h3-5,14-18H,6-13H2,1-2H3,(H,27,28,29). The molecular formula is C26H31N5O3. The summed E-state index contributed by atoms with van der Waals surface area (Å²) in [6.07, 6.45) is 1.85. The van der Waals surface area contributed by atoms with Crippen LogP contribution in [-0.2, 0) is 4.74 Å². The van der Waals surface area contributed by atoms with Gasteiger partial charge in [-0.15, -0.1) is 0 Å². The smallest absolute Gasteiger partial charge is 0.227 e. The van der Waals surface area contributed by atoms with Crippen molar-refractivity contribution in [1.82, 2.24) is 14.9 Å². The Morgan fingerprint density at radius 2 is 1.68 bits per heavy atom. The Bertz CT molecular complexity index is 1130. The number of benzene rings is 2. The third-order valence-corrected chi connectivity index (χ3v) is 6.09. The summed E-state index contributed by atoms with van der Waals surface area (Å²) >= 11 is 0. The molecule has 0 saturated carbocycles. The Hall–Kier alpha value is -3.36. The maximum atomic E-state index is 6.05. The van der Waals surface area contributed by atoms with Crippen molar-refractivity contribution in [3.63, 3.8) is 0 Å². The molecule has 6 bridgehead atoms. The molecule has 3 aromatic rings. The van der Waals surface area contributed by atoms with Crippen molar-refractivity contribution >= 4 is 17.3 Å². The summed E-state index contributed by atoms with van der Waals surface area (Å²) in [5, 5.41) is 3.40. The van der Waals surface area contributed by atoms with E-state index in [9.17, 15) is 0 Å². The predicted octanol–water partition coefficient (Wildman–Crippen LogP) is 3.74. The van der Waals surface area contributed by atoms with Gasteiger partial charge in [-0.1, -0.05) is 12.1 Å². The number of nitrogens with zero attached hydrogens (tertiary/aromatic N) is 4. The lowest BCUT2D eigenvalue weighted by Gasteiger charge is -2.34. The minimum Gasteiger partial charge on any atom is -0.491 e. The van der Waals surface area contributed by atoms with Gasteiger partial charge in [0.2, 0.25) is 5.95 Å². The van der Waals surface area contributed by atoms with Crippen LogP contribution in [0, 0.1) is 6.92 Å². The lowest BCUT2D eigenvalue weighted by Crippen LogP contribution is -2.44. The zero-order valence-corrected chi connectivity index (χ0v) is 19.8. The second-order valence-electron chi connectivity index (χ2n) is 8.69. The number of piperazine rings is 1. The van der Waals surface area contributed by atoms with E-state index in [-0.39, 0.29) is 0 Å². The predicted molar refractivity (Wildman–Crippen MR) is 133 cm³/mol. The largest absolute Gasteiger partial charge is 0.491 e. The van der Waals surface area contributed by atoms with Gasteiger partial charge in [-0.3, -0.25) is 0 Å². The highest BCUT2D eigenvalue weighted by Crippen LogP contribution is 2.31. The molecule has 0 aliphatic carbocycles. The van der Waals surface area contributed by atoms with Gasteiger partial charge in [0.25, 0.3) is 0 Å². The Morgan fingerprint density at radius 1 is 0.882 bits per heavy atom. The molecule has 8 nitrogen and oxygen atoms in total. The molecular weight excluding hydrogens is 430 g/mol. The molecule has 1 saturated heterocycles. The van der Waals surface area contributed by atoms with E-state index in [0.717, 1.165) is 65.9 Å². The number of hydrogen-bond acceptors (Lipinski definition) is 8. The topological polar surface area (TPSA) is 72.0 Å². The zero-order valence-electron chi connectivity index (χ0n) is 19.8. The SMILES string of the molecule is Cc1cnc2nc1-c1cccc(c1)OCCOCCOc1cc(cc(N3CCN(C)CC3)c1)N2. The van der Waals surface area contributed by atoms with Crippen molar-refractivity contribution in [2.75, 3.05) is 69.9 Å². The van der Waals surface area contributed by atoms with Crippen molar-refractivity contribution in [1.29, 1.82) is 0 Å². The Labute approximate surface area is 200 Å². The second kappa shape index (κ2) is 10.3. The molecule has 1 aromatic heterocycles. The van der Waals surface area contributed by atoms with Crippen LogP contribution in [0.15, 0.2) is 48.7 Å². The van der Waals surface area contributed by atoms with Crippen LogP contribution in [0.2, 0.25) is 0 Å². The number of aryl methyl sites for hydroxylation is 1. The first-order chi connectivity index (χ1) is 16.6. The molecule has 2 aliphatic rings. The number of anilines is 3. The summed E-state index contributed by atoms with van der Waals surface area (Å²) in [6.45, 7) is 7.97. The first-order valence-corrected chi connectivity index (χ1v) is 11.8. The van der Waals surface area contributed by atoms with E-state index in [2.05, 4.69) is 39.3 Å². The van der Waals surface area contributed by atoms with E-state index >= 15 is 0 Å². The van der Waals surface area contributed by atoms with Gasteiger partial charge in [-0.2, -0.15) is 0 Å². The lowest BCUT2D eigenvalue weighted by atomic mass is 10.1. The Balaban J connectivity index is 1.49. The van der Waals surface area contributed by atoms with Crippen molar-refractivity contribution in [2.45, 2.75) is 6.92 Å². The van der Waals surface area contributed by atoms with Crippen LogP contribution in [0.25, 0.3) is 11.3 Å². The number of rotatable bonds is 1. The number of fused-ring (bicyclic) bond motifs is 7. The molecule has 178 valence electrons.